The molecule has 1 aromatic carbocycles. The van der Waals surface area contributed by atoms with Crippen molar-refractivity contribution >= 4 is 41.5 Å². The van der Waals surface area contributed by atoms with Gasteiger partial charge in [-0.3, -0.25) is 9.48 Å². The Bertz CT molecular complexity index is 1260. The quantitative estimate of drug-likeness (QED) is 0.550. The van der Waals surface area contributed by atoms with Gasteiger partial charge in [-0.25, -0.2) is 9.37 Å². The van der Waals surface area contributed by atoms with Crippen LogP contribution in [0.4, 0.5) is 14.5 Å². The Labute approximate surface area is 159 Å². The highest BCUT2D eigenvalue weighted by Crippen LogP contribution is 2.31. The maximum atomic E-state index is 14.7. The van der Waals surface area contributed by atoms with Crippen molar-refractivity contribution < 1.29 is 18.3 Å². The fourth-order valence-electron chi connectivity index (χ4n) is 3.17. The van der Waals surface area contributed by atoms with Gasteiger partial charge >= 0.3 is 0 Å². The summed E-state index contributed by atoms with van der Waals surface area (Å²) < 4.78 is 37.2. The number of halogens is 2. The standard InChI is InChI=1S/C18H14BF2N5O2/c1-8-5-26-7-12(16(28-3)14(21)17(26)22-8)23-18(27)13-11(20)4-10(19)9-6-25(2)24-15(9)13/h4-7H,1-3H3,(H,23,27). The molecule has 4 rings (SSSR count). The maximum absolute atomic E-state index is 14.7. The second-order valence-electron chi connectivity index (χ2n) is 6.34. The van der Waals surface area contributed by atoms with Crippen molar-refractivity contribution in [3.8, 4) is 5.75 Å². The highest BCUT2D eigenvalue weighted by Gasteiger charge is 2.23. The molecular weight excluding hydrogens is 367 g/mol. The first-order chi connectivity index (χ1) is 13.3. The van der Waals surface area contributed by atoms with Crippen LogP contribution in [0.3, 0.4) is 0 Å². The molecule has 0 saturated carbocycles. The van der Waals surface area contributed by atoms with Crippen molar-refractivity contribution in [3.63, 3.8) is 0 Å². The van der Waals surface area contributed by atoms with E-state index >= 15 is 0 Å². The Morgan fingerprint density at radius 2 is 2.04 bits per heavy atom. The SMILES string of the molecule is [B]c1cc(F)c(C(=O)Nc2cn3cc(C)nc3c(F)c2OC)c2nn(C)cc12. The molecule has 3 aromatic heterocycles. The van der Waals surface area contributed by atoms with E-state index in [-0.39, 0.29) is 33.6 Å². The summed E-state index contributed by atoms with van der Waals surface area (Å²) in [6.45, 7) is 1.71. The fraction of sp³-hybridized carbons (Fsp3) is 0.167. The number of anilines is 1. The van der Waals surface area contributed by atoms with Crippen molar-refractivity contribution in [1.29, 1.82) is 0 Å². The summed E-state index contributed by atoms with van der Waals surface area (Å²) in [6.07, 6.45) is 4.62. The number of aryl methyl sites for hydroxylation is 2. The van der Waals surface area contributed by atoms with Gasteiger partial charge in [0, 0.05) is 31.0 Å². The van der Waals surface area contributed by atoms with E-state index in [1.54, 1.807) is 26.4 Å². The molecule has 1 amide bonds. The normalized spacial score (nSPS) is 11.3. The average Bonchev–Trinajstić information content (AvgIpc) is 3.17. The minimum Gasteiger partial charge on any atom is -0.491 e. The molecule has 140 valence electrons. The van der Waals surface area contributed by atoms with E-state index < -0.39 is 17.5 Å². The molecule has 10 heteroatoms. The first kappa shape index (κ1) is 18.0. The fourth-order valence-corrected chi connectivity index (χ4v) is 3.17. The highest BCUT2D eigenvalue weighted by atomic mass is 19.1. The molecule has 3 heterocycles. The molecule has 4 aromatic rings. The lowest BCUT2D eigenvalue weighted by Crippen LogP contribution is -2.18. The van der Waals surface area contributed by atoms with E-state index in [1.807, 2.05) is 0 Å². The minimum absolute atomic E-state index is 0.0233. The van der Waals surface area contributed by atoms with Crippen molar-refractivity contribution in [2.45, 2.75) is 6.92 Å². The Morgan fingerprint density at radius 3 is 2.75 bits per heavy atom. The zero-order valence-corrected chi connectivity index (χ0v) is 15.2. The van der Waals surface area contributed by atoms with Gasteiger partial charge < -0.3 is 14.5 Å². The predicted molar refractivity (Wildman–Crippen MR) is 100 cm³/mol. The number of rotatable bonds is 3. The van der Waals surface area contributed by atoms with Gasteiger partial charge in [0.05, 0.1) is 12.8 Å². The van der Waals surface area contributed by atoms with Gasteiger partial charge in [-0.15, -0.1) is 0 Å². The van der Waals surface area contributed by atoms with E-state index in [1.165, 1.54) is 22.4 Å². The molecule has 0 spiro atoms. The third-order valence-corrected chi connectivity index (χ3v) is 4.34. The third kappa shape index (κ3) is 2.68. The second-order valence-corrected chi connectivity index (χ2v) is 6.34. The van der Waals surface area contributed by atoms with E-state index in [4.69, 9.17) is 12.6 Å². The molecule has 1 N–H and O–H groups in total. The summed E-state index contributed by atoms with van der Waals surface area (Å²) in [4.78, 5) is 16.9. The molecule has 0 saturated heterocycles. The zero-order chi connectivity index (χ0) is 20.2. The monoisotopic (exact) mass is 381 g/mol. The maximum Gasteiger partial charge on any atom is 0.261 e. The van der Waals surface area contributed by atoms with Crippen LogP contribution in [0.5, 0.6) is 5.75 Å². The lowest BCUT2D eigenvalue weighted by atomic mass is 9.90. The summed E-state index contributed by atoms with van der Waals surface area (Å²) in [6, 6.07) is 1.05. The number of amides is 1. The van der Waals surface area contributed by atoms with Gasteiger partial charge in [-0.2, -0.15) is 9.49 Å². The van der Waals surface area contributed by atoms with Crippen LogP contribution in [0.15, 0.2) is 24.7 Å². The number of ether oxygens (including phenoxy) is 1. The number of hydrogen-bond donors (Lipinski definition) is 1. The van der Waals surface area contributed by atoms with E-state index in [9.17, 15) is 13.6 Å². The molecule has 0 unspecified atom stereocenters. The molecule has 28 heavy (non-hydrogen) atoms. The van der Waals surface area contributed by atoms with Crippen molar-refractivity contribution in [3.05, 3.63) is 47.5 Å². The lowest BCUT2D eigenvalue weighted by Gasteiger charge is -2.13. The Morgan fingerprint density at radius 1 is 1.29 bits per heavy atom. The average molecular weight is 381 g/mol. The van der Waals surface area contributed by atoms with Gasteiger partial charge in [0.2, 0.25) is 5.82 Å². The highest BCUT2D eigenvalue weighted by molar-refractivity contribution is 6.39. The van der Waals surface area contributed by atoms with Crippen LogP contribution in [0.1, 0.15) is 16.1 Å². The first-order valence-electron chi connectivity index (χ1n) is 8.24. The van der Waals surface area contributed by atoms with E-state index in [0.29, 0.717) is 11.1 Å². The predicted octanol–water partition coefficient (Wildman–Crippen LogP) is 1.86. The first-order valence-corrected chi connectivity index (χ1v) is 8.24. The number of aromatic nitrogens is 4. The molecule has 2 radical (unpaired) electrons. The molecule has 0 atom stereocenters. The smallest absolute Gasteiger partial charge is 0.261 e. The van der Waals surface area contributed by atoms with Crippen LogP contribution in [-0.2, 0) is 7.05 Å². The lowest BCUT2D eigenvalue weighted by molar-refractivity contribution is 0.102. The topological polar surface area (TPSA) is 73.5 Å². The Hall–Kier alpha value is -3.43. The van der Waals surface area contributed by atoms with Crippen molar-refractivity contribution in [2.75, 3.05) is 12.4 Å². The summed E-state index contributed by atoms with van der Waals surface area (Å²) in [5.74, 6) is -2.59. The molecule has 0 bridgehead atoms. The number of hydrogen-bond acceptors (Lipinski definition) is 4. The van der Waals surface area contributed by atoms with Gasteiger partial charge in [-0.1, -0.05) is 5.46 Å². The number of imidazole rings is 1. The molecular formula is C18H14BF2N5O2. The summed E-state index contributed by atoms with van der Waals surface area (Å²) in [5, 5.41) is 7.06. The van der Waals surface area contributed by atoms with Crippen molar-refractivity contribution in [1.82, 2.24) is 19.2 Å². The number of methoxy groups -OCH3 is 1. The van der Waals surface area contributed by atoms with Crippen LogP contribution in [0.2, 0.25) is 0 Å². The number of nitrogens with zero attached hydrogens (tertiary/aromatic N) is 4. The number of pyridine rings is 1. The summed E-state index contributed by atoms with van der Waals surface area (Å²) in [7, 11) is 8.71. The Balaban J connectivity index is 1.84. The Kier molecular flexibility index (Phi) is 4.06. The van der Waals surface area contributed by atoms with Crippen LogP contribution in [0, 0.1) is 18.6 Å². The number of carbonyl (C=O) groups excluding carboxylic acids is 1. The van der Waals surface area contributed by atoms with Crippen LogP contribution in [-0.4, -0.2) is 40.0 Å². The number of fused-ring (bicyclic) bond motifs is 2. The molecule has 0 aliphatic heterocycles. The summed E-state index contributed by atoms with van der Waals surface area (Å²) in [5.41, 5.74) is 0.638. The van der Waals surface area contributed by atoms with E-state index in [2.05, 4.69) is 15.4 Å². The molecule has 7 nitrogen and oxygen atoms in total. The van der Waals surface area contributed by atoms with Gasteiger partial charge in [0.15, 0.2) is 11.4 Å². The number of benzene rings is 1. The summed E-state index contributed by atoms with van der Waals surface area (Å²) >= 11 is 0. The molecule has 0 aliphatic carbocycles. The van der Waals surface area contributed by atoms with Gasteiger partial charge in [-0.05, 0) is 13.0 Å². The third-order valence-electron chi connectivity index (χ3n) is 4.34. The van der Waals surface area contributed by atoms with Gasteiger partial charge in [0.25, 0.3) is 5.91 Å². The largest absolute Gasteiger partial charge is 0.491 e. The second kappa shape index (κ2) is 6.33. The number of carbonyl (C=O) groups is 1. The molecule has 0 aliphatic rings. The van der Waals surface area contributed by atoms with Gasteiger partial charge in [0.1, 0.15) is 30.4 Å². The molecule has 0 fully saturated rings. The zero-order valence-electron chi connectivity index (χ0n) is 15.2. The minimum atomic E-state index is -0.833. The number of nitrogens with one attached hydrogen (secondary N) is 1. The van der Waals surface area contributed by atoms with Crippen LogP contribution < -0.4 is 15.5 Å². The van der Waals surface area contributed by atoms with E-state index in [0.717, 1.165) is 6.07 Å². The van der Waals surface area contributed by atoms with Crippen LogP contribution in [0.25, 0.3) is 16.6 Å². The van der Waals surface area contributed by atoms with Crippen molar-refractivity contribution in [2.24, 2.45) is 7.05 Å². The van der Waals surface area contributed by atoms with Crippen LogP contribution >= 0.6 is 0 Å².